The summed E-state index contributed by atoms with van der Waals surface area (Å²) in [6.07, 6.45) is 28.2. The van der Waals surface area contributed by atoms with Gasteiger partial charge in [0.25, 0.3) is 0 Å². The molecule has 0 heterocycles. The quantitative estimate of drug-likeness (QED) is 0.347. The van der Waals surface area contributed by atoms with Gasteiger partial charge >= 0.3 is 0 Å². The van der Waals surface area contributed by atoms with Crippen LogP contribution < -0.4 is 0 Å². The predicted molar refractivity (Wildman–Crippen MR) is 143 cm³/mol. The Hall–Kier alpha value is -0.780. The zero-order valence-corrected chi connectivity index (χ0v) is 22.1. The molecule has 0 saturated heterocycles. The van der Waals surface area contributed by atoms with Crippen molar-refractivity contribution < 1.29 is 0 Å². The fourth-order valence-electron chi connectivity index (χ4n) is 9.02. The van der Waals surface area contributed by atoms with Gasteiger partial charge in [0.15, 0.2) is 0 Å². The third-order valence-electron chi connectivity index (χ3n) is 11.7. The normalized spacial score (nSPS) is 39.0. The van der Waals surface area contributed by atoms with Crippen molar-refractivity contribution in [3.8, 4) is 0 Å². The van der Waals surface area contributed by atoms with E-state index in [0.29, 0.717) is 5.41 Å². The number of rotatable bonds is 8. The molecule has 0 aromatic heterocycles. The van der Waals surface area contributed by atoms with Crippen LogP contribution in [0, 0.1) is 23.2 Å². The topological polar surface area (TPSA) is 0 Å². The lowest BCUT2D eigenvalue weighted by Gasteiger charge is -2.58. The first-order valence-electron chi connectivity index (χ1n) is 15.3. The molecule has 2 bridgehead atoms. The van der Waals surface area contributed by atoms with Crippen molar-refractivity contribution in [3.05, 3.63) is 35.4 Å². The minimum Gasteiger partial charge on any atom is -0.0654 e. The SMILES string of the molecule is CCCCC[C@H]1CC[C@H](C23CCC(c4ccc([C@H]5CC[C@H](CC)CC5)cc4)(CC2)CC3)CC1. The molecule has 5 aliphatic rings. The van der Waals surface area contributed by atoms with Crippen LogP contribution in [0.3, 0.4) is 0 Å². The van der Waals surface area contributed by atoms with Gasteiger partial charge in [0.05, 0.1) is 0 Å². The predicted octanol–water partition coefficient (Wildman–Crippen LogP) is 10.3. The Labute approximate surface area is 205 Å². The average molecular weight is 449 g/mol. The van der Waals surface area contributed by atoms with E-state index in [9.17, 15) is 0 Å². The highest BCUT2D eigenvalue weighted by Gasteiger charge is 2.52. The summed E-state index contributed by atoms with van der Waals surface area (Å²) in [7, 11) is 0. The molecule has 0 aliphatic heterocycles. The van der Waals surface area contributed by atoms with Crippen LogP contribution in [0.15, 0.2) is 24.3 Å². The van der Waals surface area contributed by atoms with Crippen molar-refractivity contribution in [2.24, 2.45) is 23.2 Å². The molecule has 1 aromatic carbocycles. The van der Waals surface area contributed by atoms with Crippen LogP contribution in [0.5, 0.6) is 0 Å². The van der Waals surface area contributed by atoms with E-state index in [1.54, 1.807) is 36.8 Å². The average Bonchev–Trinajstić information content (AvgIpc) is 2.90. The maximum Gasteiger partial charge on any atom is -0.00463 e. The summed E-state index contributed by atoms with van der Waals surface area (Å²) in [4.78, 5) is 0. The zero-order valence-electron chi connectivity index (χ0n) is 22.1. The van der Waals surface area contributed by atoms with Crippen LogP contribution in [-0.2, 0) is 5.41 Å². The zero-order chi connectivity index (χ0) is 22.7. The minimum absolute atomic E-state index is 0.525. The molecular weight excluding hydrogens is 396 g/mol. The Bertz CT molecular complexity index is 701. The van der Waals surface area contributed by atoms with E-state index < -0.39 is 0 Å². The van der Waals surface area contributed by atoms with Crippen molar-refractivity contribution >= 4 is 0 Å². The largest absolute Gasteiger partial charge is 0.0654 e. The molecule has 5 fully saturated rings. The highest BCUT2D eigenvalue weighted by Crippen LogP contribution is 2.62. The highest BCUT2D eigenvalue weighted by atomic mass is 14.6. The number of hydrogen-bond acceptors (Lipinski definition) is 0. The van der Waals surface area contributed by atoms with E-state index in [4.69, 9.17) is 0 Å². The second-order valence-corrected chi connectivity index (χ2v) is 13.1. The van der Waals surface area contributed by atoms with Gasteiger partial charge in [-0.25, -0.2) is 0 Å². The molecule has 0 amide bonds. The minimum atomic E-state index is 0.525. The molecule has 0 heteroatoms. The first-order valence-corrected chi connectivity index (χ1v) is 15.3. The van der Waals surface area contributed by atoms with Crippen molar-refractivity contribution in [3.63, 3.8) is 0 Å². The molecule has 184 valence electrons. The number of benzene rings is 1. The molecule has 0 atom stereocenters. The molecule has 1 aromatic rings. The van der Waals surface area contributed by atoms with Crippen molar-refractivity contribution in [1.29, 1.82) is 0 Å². The molecule has 0 radical (unpaired) electrons. The van der Waals surface area contributed by atoms with Crippen LogP contribution >= 0.6 is 0 Å². The van der Waals surface area contributed by atoms with E-state index >= 15 is 0 Å². The van der Waals surface area contributed by atoms with Gasteiger partial charge in [0.1, 0.15) is 0 Å². The van der Waals surface area contributed by atoms with Crippen molar-refractivity contribution in [2.75, 3.05) is 0 Å². The fraction of sp³-hybridized carbons (Fsp3) is 0.818. The second kappa shape index (κ2) is 10.5. The highest BCUT2D eigenvalue weighted by molar-refractivity contribution is 5.33. The number of unbranched alkanes of at least 4 members (excludes halogenated alkanes) is 2. The molecular formula is C33H52. The lowest BCUT2D eigenvalue weighted by molar-refractivity contribution is -0.0294. The van der Waals surface area contributed by atoms with Gasteiger partial charge in [-0.1, -0.05) is 83.1 Å². The smallest absolute Gasteiger partial charge is 0.00463 e. The number of hydrogen-bond donors (Lipinski definition) is 0. The summed E-state index contributed by atoms with van der Waals surface area (Å²) in [5, 5.41) is 0. The van der Waals surface area contributed by atoms with Crippen LogP contribution in [0.4, 0.5) is 0 Å². The second-order valence-electron chi connectivity index (χ2n) is 13.1. The Morgan fingerprint density at radius 1 is 0.667 bits per heavy atom. The summed E-state index contributed by atoms with van der Waals surface area (Å²) < 4.78 is 0. The van der Waals surface area contributed by atoms with Crippen molar-refractivity contribution in [2.45, 2.75) is 147 Å². The van der Waals surface area contributed by atoms with Gasteiger partial charge in [-0.2, -0.15) is 0 Å². The van der Waals surface area contributed by atoms with Gasteiger partial charge in [0, 0.05) is 0 Å². The third-order valence-corrected chi connectivity index (χ3v) is 11.7. The summed E-state index contributed by atoms with van der Waals surface area (Å²) in [6, 6.07) is 10.2. The summed E-state index contributed by atoms with van der Waals surface area (Å²) in [6.45, 7) is 4.72. The van der Waals surface area contributed by atoms with E-state index in [0.717, 1.165) is 29.1 Å². The molecule has 33 heavy (non-hydrogen) atoms. The number of fused-ring (bicyclic) bond motifs is 3. The standard InChI is InChI=1S/C33H52/c1-3-5-6-7-27-10-16-30(17-11-27)32-20-23-33(24-21-32,25-22-32)31-18-14-29(15-19-31)28-12-8-26(4-2)9-13-28/h14-15,18-19,26-28,30H,3-13,16-17,20-25H2,1-2H3/t26-,27-,28-,30-,32?,33?. The summed E-state index contributed by atoms with van der Waals surface area (Å²) in [5.41, 5.74) is 4.59. The van der Waals surface area contributed by atoms with E-state index in [1.165, 1.54) is 96.3 Å². The summed E-state index contributed by atoms with van der Waals surface area (Å²) in [5.74, 6) is 3.95. The fourth-order valence-corrected chi connectivity index (χ4v) is 9.02. The first kappa shape index (κ1) is 23.9. The van der Waals surface area contributed by atoms with Gasteiger partial charge in [-0.15, -0.1) is 0 Å². The molecule has 0 nitrogen and oxygen atoms in total. The Morgan fingerprint density at radius 2 is 1.27 bits per heavy atom. The van der Waals surface area contributed by atoms with E-state index in [1.807, 2.05) is 0 Å². The Morgan fingerprint density at radius 3 is 1.85 bits per heavy atom. The molecule has 0 N–H and O–H groups in total. The monoisotopic (exact) mass is 448 g/mol. The Kier molecular flexibility index (Phi) is 7.58. The van der Waals surface area contributed by atoms with Gasteiger partial charge in [0.2, 0.25) is 0 Å². The molecule has 0 spiro atoms. The van der Waals surface area contributed by atoms with E-state index in [-0.39, 0.29) is 0 Å². The van der Waals surface area contributed by atoms with E-state index in [2.05, 4.69) is 38.1 Å². The molecule has 6 rings (SSSR count). The van der Waals surface area contributed by atoms with Crippen LogP contribution in [-0.4, -0.2) is 0 Å². The molecule has 0 unspecified atom stereocenters. The first-order chi connectivity index (χ1) is 16.2. The van der Waals surface area contributed by atoms with Crippen LogP contribution in [0.2, 0.25) is 0 Å². The maximum atomic E-state index is 2.57. The van der Waals surface area contributed by atoms with Crippen LogP contribution in [0.25, 0.3) is 0 Å². The molecule has 5 aliphatic carbocycles. The maximum absolute atomic E-state index is 2.57. The van der Waals surface area contributed by atoms with Crippen molar-refractivity contribution in [1.82, 2.24) is 0 Å². The lowest BCUT2D eigenvalue weighted by atomic mass is 9.47. The Balaban J connectivity index is 1.15. The molecule has 5 saturated carbocycles. The van der Waals surface area contributed by atoms with Gasteiger partial charge in [-0.05, 0) is 123 Å². The van der Waals surface area contributed by atoms with Gasteiger partial charge < -0.3 is 0 Å². The van der Waals surface area contributed by atoms with Gasteiger partial charge in [-0.3, -0.25) is 0 Å². The third kappa shape index (κ3) is 4.97. The summed E-state index contributed by atoms with van der Waals surface area (Å²) >= 11 is 0. The lowest BCUT2D eigenvalue weighted by Crippen LogP contribution is -2.48. The van der Waals surface area contributed by atoms with Crippen LogP contribution in [0.1, 0.15) is 153 Å².